The molecule has 0 spiro atoms. The molecule has 3 N–H and O–H groups in total. The minimum atomic E-state index is -0.681. The zero-order valence-corrected chi connectivity index (χ0v) is 8.25. The van der Waals surface area contributed by atoms with E-state index in [-0.39, 0.29) is 17.1 Å². The molecule has 0 fully saturated rings. The summed E-state index contributed by atoms with van der Waals surface area (Å²) in [7, 11) is 0. The van der Waals surface area contributed by atoms with Crippen LogP contribution in [0.2, 0.25) is 0 Å². The number of nitro benzene ring substituents is 2. The van der Waals surface area contributed by atoms with Crippen LogP contribution in [0.15, 0.2) is 18.2 Å². The van der Waals surface area contributed by atoms with Gasteiger partial charge in [0.15, 0.2) is 0 Å². The lowest BCUT2D eigenvalue weighted by Gasteiger charge is -2.04. The standard InChI is InChI=1S/C8H10N4O4/c9-3-4-10-7-2-1-6(11(13)14)5-8(7)12(15)16/h1-2,5,10H,3-4,9H2. The van der Waals surface area contributed by atoms with E-state index >= 15 is 0 Å². The number of hydrogen-bond acceptors (Lipinski definition) is 6. The lowest BCUT2D eigenvalue weighted by molar-refractivity contribution is -0.393. The van der Waals surface area contributed by atoms with Crippen LogP contribution in [0.1, 0.15) is 0 Å². The summed E-state index contributed by atoms with van der Waals surface area (Å²) >= 11 is 0. The average Bonchev–Trinajstić information content (AvgIpc) is 2.25. The Morgan fingerprint density at radius 2 is 1.94 bits per heavy atom. The number of non-ortho nitro benzene ring substituents is 1. The van der Waals surface area contributed by atoms with Gasteiger partial charge in [0.1, 0.15) is 5.69 Å². The molecule has 0 atom stereocenters. The van der Waals surface area contributed by atoms with Gasteiger partial charge in [-0.25, -0.2) is 0 Å². The highest BCUT2D eigenvalue weighted by Crippen LogP contribution is 2.28. The molecule has 0 radical (unpaired) electrons. The lowest BCUT2D eigenvalue weighted by atomic mass is 10.2. The molecular weight excluding hydrogens is 216 g/mol. The third-order valence-corrected chi connectivity index (χ3v) is 1.85. The lowest BCUT2D eigenvalue weighted by Crippen LogP contribution is -2.14. The minimum Gasteiger partial charge on any atom is -0.378 e. The zero-order chi connectivity index (χ0) is 12.1. The van der Waals surface area contributed by atoms with E-state index in [0.717, 1.165) is 6.07 Å². The van der Waals surface area contributed by atoms with Crippen LogP contribution >= 0.6 is 0 Å². The molecule has 16 heavy (non-hydrogen) atoms. The number of rotatable bonds is 5. The number of anilines is 1. The Kier molecular flexibility index (Phi) is 3.72. The van der Waals surface area contributed by atoms with Gasteiger partial charge in [-0.2, -0.15) is 0 Å². The van der Waals surface area contributed by atoms with Crippen LogP contribution in [0.3, 0.4) is 0 Å². The molecule has 0 aliphatic heterocycles. The summed E-state index contributed by atoms with van der Waals surface area (Å²) in [5.41, 5.74) is 4.82. The smallest absolute Gasteiger partial charge is 0.299 e. The second kappa shape index (κ2) is 5.03. The minimum absolute atomic E-state index is 0.223. The first kappa shape index (κ1) is 11.9. The molecule has 8 nitrogen and oxygen atoms in total. The second-order valence-electron chi connectivity index (χ2n) is 2.93. The molecule has 1 aromatic rings. The highest BCUT2D eigenvalue weighted by atomic mass is 16.6. The van der Waals surface area contributed by atoms with Crippen LogP contribution in [0.5, 0.6) is 0 Å². The Morgan fingerprint density at radius 1 is 1.25 bits per heavy atom. The molecule has 0 unspecified atom stereocenters. The number of nitro groups is 2. The van der Waals surface area contributed by atoms with Crippen molar-refractivity contribution in [1.29, 1.82) is 0 Å². The SMILES string of the molecule is NCCNc1ccc([N+](=O)[O-])cc1[N+](=O)[O-]. The largest absolute Gasteiger partial charge is 0.378 e. The Morgan fingerprint density at radius 3 is 2.44 bits per heavy atom. The van der Waals surface area contributed by atoms with Crippen molar-refractivity contribution in [2.24, 2.45) is 5.73 Å². The van der Waals surface area contributed by atoms with Gasteiger partial charge in [-0.05, 0) is 6.07 Å². The molecule has 1 aromatic carbocycles. The van der Waals surface area contributed by atoms with E-state index in [9.17, 15) is 20.2 Å². The van der Waals surface area contributed by atoms with Gasteiger partial charge in [-0.15, -0.1) is 0 Å². The van der Waals surface area contributed by atoms with Crippen LogP contribution < -0.4 is 11.1 Å². The predicted octanol–water partition coefficient (Wildman–Crippen LogP) is 0.874. The Balaban J connectivity index is 3.09. The number of nitrogens with zero attached hydrogens (tertiary/aromatic N) is 2. The summed E-state index contributed by atoms with van der Waals surface area (Å²) in [5, 5.41) is 23.8. The number of hydrogen-bond donors (Lipinski definition) is 2. The molecule has 0 amide bonds. The van der Waals surface area contributed by atoms with Crippen molar-refractivity contribution >= 4 is 17.1 Å². The van der Waals surface area contributed by atoms with Gasteiger partial charge in [0.05, 0.1) is 15.9 Å². The maximum Gasteiger partial charge on any atom is 0.299 e. The molecule has 86 valence electrons. The molecule has 1 rings (SSSR count). The van der Waals surface area contributed by atoms with Crippen LogP contribution in [0.25, 0.3) is 0 Å². The van der Waals surface area contributed by atoms with Crippen LogP contribution in [-0.4, -0.2) is 22.9 Å². The topological polar surface area (TPSA) is 124 Å². The van der Waals surface area contributed by atoms with Crippen molar-refractivity contribution in [1.82, 2.24) is 0 Å². The van der Waals surface area contributed by atoms with Gasteiger partial charge in [0.25, 0.3) is 11.4 Å². The normalized spacial score (nSPS) is 9.81. The Bertz CT molecular complexity index is 420. The van der Waals surface area contributed by atoms with Gasteiger partial charge in [0, 0.05) is 19.2 Å². The first-order valence-electron chi connectivity index (χ1n) is 4.43. The Labute approximate surface area is 90.4 Å². The second-order valence-corrected chi connectivity index (χ2v) is 2.93. The maximum absolute atomic E-state index is 10.7. The molecule has 0 bridgehead atoms. The van der Waals surface area contributed by atoms with Gasteiger partial charge in [0.2, 0.25) is 0 Å². The predicted molar refractivity (Wildman–Crippen MR) is 57.3 cm³/mol. The molecule has 8 heteroatoms. The third-order valence-electron chi connectivity index (χ3n) is 1.85. The molecular formula is C8H10N4O4. The van der Waals surface area contributed by atoms with Crippen molar-refractivity contribution in [2.75, 3.05) is 18.4 Å². The van der Waals surface area contributed by atoms with E-state index in [4.69, 9.17) is 5.73 Å². The van der Waals surface area contributed by atoms with Crippen LogP contribution in [-0.2, 0) is 0 Å². The van der Waals surface area contributed by atoms with Crippen LogP contribution in [0, 0.1) is 20.2 Å². The fourth-order valence-corrected chi connectivity index (χ4v) is 1.14. The van der Waals surface area contributed by atoms with E-state index in [0.29, 0.717) is 13.1 Å². The fourth-order valence-electron chi connectivity index (χ4n) is 1.14. The summed E-state index contributed by atoms with van der Waals surface area (Å²) in [6, 6.07) is 3.41. The third kappa shape index (κ3) is 2.64. The average molecular weight is 226 g/mol. The highest BCUT2D eigenvalue weighted by molar-refractivity contribution is 5.65. The maximum atomic E-state index is 10.7. The first-order valence-corrected chi connectivity index (χ1v) is 4.43. The van der Waals surface area contributed by atoms with E-state index in [1.165, 1.54) is 12.1 Å². The van der Waals surface area contributed by atoms with E-state index in [1.807, 2.05) is 0 Å². The monoisotopic (exact) mass is 226 g/mol. The van der Waals surface area contributed by atoms with Gasteiger partial charge in [-0.1, -0.05) is 0 Å². The molecule has 0 saturated heterocycles. The van der Waals surface area contributed by atoms with Crippen molar-refractivity contribution in [3.63, 3.8) is 0 Å². The number of nitrogens with one attached hydrogen (secondary N) is 1. The molecule has 0 aliphatic carbocycles. The van der Waals surface area contributed by atoms with Gasteiger partial charge in [-0.3, -0.25) is 20.2 Å². The zero-order valence-electron chi connectivity index (χ0n) is 8.25. The first-order chi connectivity index (χ1) is 7.56. The molecule has 0 saturated carbocycles. The van der Waals surface area contributed by atoms with Crippen LogP contribution in [0.4, 0.5) is 17.1 Å². The van der Waals surface area contributed by atoms with E-state index in [2.05, 4.69) is 5.32 Å². The summed E-state index contributed by atoms with van der Waals surface area (Å²) < 4.78 is 0. The number of benzene rings is 1. The molecule has 0 aromatic heterocycles. The van der Waals surface area contributed by atoms with Gasteiger partial charge < -0.3 is 11.1 Å². The van der Waals surface area contributed by atoms with Crippen molar-refractivity contribution < 1.29 is 9.85 Å². The summed E-state index contributed by atoms with van der Waals surface area (Å²) in [6.07, 6.45) is 0. The van der Waals surface area contributed by atoms with Crippen molar-refractivity contribution in [2.45, 2.75) is 0 Å². The quantitative estimate of drug-likeness (QED) is 0.567. The molecule has 0 heterocycles. The van der Waals surface area contributed by atoms with Crippen molar-refractivity contribution in [3.05, 3.63) is 38.4 Å². The van der Waals surface area contributed by atoms with E-state index in [1.54, 1.807) is 0 Å². The molecule has 0 aliphatic rings. The summed E-state index contributed by atoms with van der Waals surface area (Å²) in [5.74, 6) is 0. The highest BCUT2D eigenvalue weighted by Gasteiger charge is 2.18. The summed E-state index contributed by atoms with van der Waals surface area (Å²) in [6.45, 7) is 0.673. The summed E-state index contributed by atoms with van der Waals surface area (Å²) in [4.78, 5) is 19.8. The fraction of sp³-hybridized carbons (Fsp3) is 0.250. The van der Waals surface area contributed by atoms with Gasteiger partial charge >= 0.3 is 0 Å². The van der Waals surface area contributed by atoms with Crippen molar-refractivity contribution in [3.8, 4) is 0 Å². The van der Waals surface area contributed by atoms with E-state index < -0.39 is 9.85 Å². The Hall–Kier alpha value is -2.22. The number of nitrogens with two attached hydrogens (primary N) is 1.